The molecule has 0 aromatic heterocycles. The second-order valence-electron chi connectivity index (χ2n) is 3.36. The van der Waals surface area contributed by atoms with Crippen molar-refractivity contribution < 1.29 is 0 Å². The predicted molar refractivity (Wildman–Crippen MR) is 68.4 cm³/mol. The molecule has 1 rings (SSSR count). The van der Waals surface area contributed by atoms with Crippen molar-refractivity contribution in [2.75, 3.05) is 0 Å². The lowest BCUT2D eigenvalue weighted by Crippen LogP contribution is -2.09. The summed E-state index contributed by atoms with van der Waals surface area (Å²) in [7, 11) is 0. The number of halogens is 3. The topological polar surface area (TPSA) is 12.4 Å². The molecule has 0 radical (unpaired) electrons. The maximum atomic E-state index is 5.56. The van der Waals surface area contributed by atoms with Gasteiger partial charge >= 0.3 is 0 Å². The fourth-order valence-corrected chi connectivity index (χ4v) is 1.39. The average Bonchev–Trinajstić information content (AvgIpc) is 2.15. The third-order valence-corrected chi connectivity index (χ3v) is 2.14. The number of benzene rings is 1. The molecule has 0 saturated carbocycles. The van der Waals surface area contributed by atoms with Crippen LogP contribution < -0.4 is 0 Å². The van der Waals surface area contributed by atoms with Crippen molar-refractivity contribution in [3.05, 3.63) is 35.9 Å². The summed E-state index contributed by atoms with van der Waals surface area (Å²) in [5.74, 6) is 0. The summed E-state index contributed by atoms with van der Waals surface area (Å²) in [6.45, 7) is 1.99. The van der Waals surface area contributed by atoms with Crippen LogP contribution in [0.25, 0.3) is 0 Å². The molecule has 0 heterocycles. The number of aliphatic imine (C=N–C) groups is 1. The van der Waals surface area contributed by atoms with Gasteiger partial charge in [-0.15, -0.1) is 0 Å². The number of hydrogen-bond acceptors (Lipinski definition) is 1. The maximum absolute atomic E-state index is 5.56. The van der Waals surface area contributed by atoms with Gasteiger partial charge in [-0.05, 0) is 18.9 Å². The fourth-order valence-electron chi connectivity index (χ4n) is 1.22. The molecule has 0 saturated heterocycles. The minimum atomic E-state index is -1.40. The summed E-state index contributed by atoms with van der Waals surface area (Å²) in [5, 5.41) is 0. The molecule has 82 valence electrons. The Morgan fingerprint density at radius 1 is 1.27 bits per heavy atom. The maximum Gasteiger partial charge on any atom is 0.225 e. The first kappa shape index (κ1) is 12.8. The quantitative estimate of drug-likeness (QED) is 0.577. The van der Waals surface area contributed by atoms with E-state index in [1.165, 1.54) is 11.8 Å². The number of hydrogen-bond donors (Lipinski definition) is 0. The van der Waals surface area contributed by atoms with Gasteiger partial charge in [-0.1, -0.05) is 65.1 Å². The Kier molecular flexibility index (Phi) is 4.91. The van der Waals surface area contributed by atoms with Crippen LogP contribution in [0.15, 0.2) is 35.3 Å². The van der Waals surface area contributed by atoms with Crippen LogP contribution in [0.1, 0.15) is 12.5 Å². The second-order valence-corrected chi connectivity index (χ2v) is 5.73. The SMILES string of the molecule is CC(Cc1ccccc1)N=CC(Cl)(Cl)Cl. The van der Waals surface area contributed by atoms with E-state index in [-0.39, 0.29) is 6.04 Å². The summed E-state index contributed by atoms with van der Waals surface area (Å²) in [6, 6.07) is 10.2. The van der Waals surface area contributed by atoms with Gasteiger partial charge in [0.05, 0.1) is 12.3 Å². The van der Waals surface area contributed by atoms with Gasteiger partial charge in [0.15, 0.2) is 0 Å². The molecular weight excluding hydrogens is 252 g/mol. The molecule has 0 fully saturated rings. The molecule has 1 aromatic rings. The highest BCUT2D eigenvalue weighted by atomic mass is 35.6. The summed E-state index contributed by atoms with van der Waals surface area (Å²) in [5.41, 5.74) is 1.23. The zero-order valence-electron chi connectivity index (χ0n) is 8.33. The van der Waals surface area contributed by atoms with Crippen molar-refractivity contribution in [2.24, 2.45) is 4.99 Å². The van der Waals surface area contributed by atoms with Gasteiger partial charge in [0.1, 0.15) is 0 Å². The van der Waals surface area contributed by atoms with E-state index in [0.717, 1.165) is 6.42 Å². The van der Waals surface area contributed by atoms with Crippen LogP contribution in [0, 0.1) is 0 Å². The van der Waals surface area contributed by atoms with Crippen molar-refractivity contribution in [1.29, 1.82) is 0 Å². The first-order valence-corrected chi connectivity index (χ1v) is 5.76. The van der Waals surface area contributed by atoms with Gasteiger partial charge in [0, 0.05) is 0 Å². The van der Waals surface area contributed by atoms with E-state index in [4.69, 9.17) is 34.8 Å². The van der Waals surface area contributed by atoms with Crippen molar-refractivity contribution in [3.8, 4) is 0 Å². The molecule has 0 spiro atoms. The van der Waals surface area contributed by atoms with E-state index < -0.39 is 3.79 Å². The van der Waals surface area contributed by atoms with Gasteiger partial charge in [-0.3, -0.25) is 4.99 Å². The van der Waals surface area contributed by atoms with Crippen LogP contribution in [0.4, 0.5) is 0 Å². The Morgan fingerprint density at radius 3 is 2.40 bits per heavy atom. The van der Waals surface area contributed by atoms with Gasteiger partial charge in [-0.2, -0.15) is 0 Å². The van der Waals surface area contributed by atoms with Crippen LogP contribution in [0.3, 0.4) is 0 Å². The number of rotatable bonds is 3. The molecule has 0 amide bonds. The van der Waals surface area contributed by atoms with Crippen molar-refractivity contribution >= 4 is 41.0 Å². The van der Waals surface area contributed by atoms with Crippen LogP contribution in [-0.2, 0) is 6.42 Å². The Hall–Kier alpha value is -0.240. The number of alkyl halides is 3. The van der Waals surface area contributed by atoms with Crippen LogP contribution in [0.2, 0.25) is 0 Å². The van der Waals surface area contributed by atoms with E-state index in [9.17, 15) is 0 Å². The summed E-state index contributed by atoms with van der Waals surface area (Å²) in [6.07, 6.45) is 2.20. The zero-order valence-corrected chi connectivity index (χ0v) is 10.6. The molecule has 1 aromatic carbocycles. The minimum Gasteiger partial charge on any atom is -0.290 e. The summed E-state index contributed by atoms with van der Waals surface area (Å²) in [4.78, 5) is 4.17. The molecule has 0 bridgehead atoms. The molecule has 1 unspecified atom stereocenters. The third-order valence-electron chi connectivity index (χ3n) is 1.85. The predicted octanol–water partition coefficient (Wildman–Crippen LogP) is 4.06. The molecule has 1 atom stereocenters. The first-order valence-electron chi connectivity index (χ1n) is 4.62. The second kappa shape index (κ2) is 5.74. The van der Waals surface area contributed by atoms with Gasteiger partial charge in [0.25, 0.3) is 0 Å². The fraction of sp³-hybridized carbons (Fsp3) is 0.364. The van der Waals surface area contributed by atoms with Gasteiger partial charge < -0.3 is 0 Å². The Bertz CT molecular complexity index is 316. The lowest BCUT2D eigenvalue weighted by molar-refractivity contribution is 0.742. The van der Waals surface area contributed by atoms with Crippen molar-refractivity contribution in [1.82, 2.24) is 0 Å². The van der Waals surface area contributed by atoms with E-state index in [0.29, 0.717) is 0 Å². The first-order chi connectivity index (χ1) is 6.97. The van der Waals surface area contributed by atoms with Crippen LogP contribution in [0.5, 0.6) is 0 Å². The molecule has 4 heteroatoms. The van der Waals surface area contributed by atoms with Crippen LogP contribution >= 0.6 is 34.8 Å². The molecule has 0 N–H and O–H groups in total. The van der Waals surface area contributed by atoms with Gasteiger partial charge in [0.2, 0.25) is 3.79 Å². The molecule has 0 aliphatic rings. The van der Waals surface area contributed by atoms with E-state index >= 15 is 0 Å². The van der Waals surface area contributed by atoms with Crippen molar-refractivity contribution in [2.45, 2.75) is 23.2 Å². The Morgan fingerprint density at radius 2 is 1.87 bits per heavy atom. The lowest BCUT2D eigenvalue weighted by Gasteiger charge is -2.08. The summed E-state index contributed by atoms with van der Waals surface area (Å²) >= 11 is 16.7. The monoisotopic (exact) mass is 263 g/mol. The van der Waals surface area contributed by atoms with Crippen LogP contribution in [-0.4, -0.2) is 16.0 Å². The van der Waals surface area contributed by atoms with E-state index in [2.05, 4.69) is 17.1 Å². The normalized spacial score (nSPS) is 14.4. The zero-order chi connectivity index (χ0) is 11.3. The lowest BCUT2D eigenvalue weighted by atomic mass is 10.1. The standard InChI is InChI=1S/C11H12Cl3N/c1-9(15-8-11(12,13)14)7-10-5-3-2-4-6-10/h2-6,8-9H,7H2,1H3. The van der Waals surface area contributed by atoms with E-state index in [1.54, 1.807) is 0 Å². The highest BCUT2D eigenvalue weighted by Gasteiger charge is 2.15. The molecule has 1 nitrogen and oxygen atoms in total. The highest BCUT2D eigenvalue weighted by molar-refractivity contribution is 6.74. The summed E-state index contributed by atoms with van der Waals surface area (Å²) < 4.78 is -1.40. The Labute approximate surface area is 105 Å². The smallest absolute Gasteiger partial charge is 0.225 e. The molecule has 0 aliphatic carbocycles. The molecule has 0 aliphatic heterocycles. The highest BCUT2D eigenvalue weighted by Crippen LogP contribution is 2.23. The number of nitrogens with zero attached hydrogens (tertiary/aromatic N) is 1. The Balaban J connectivity index is 2.50. The van der Waals surface area contributed by atoms with Crippen molar-refractivity contribution in [3.63, 3.8) is 0 Å². The minimum absolute atomic E-state index is 0.114. The van der Waals surface area contributed by atoms with E-state index in [1.807, 2.05) is 25.1 Å². The van der Waals surface area contributed by atoms with Gasteiger partial charge in [-0.25, -0.2) is 0 Å². The molecule has 15 heavy (non-hydrogen) atoms. The average molecular weight is 265 g/mol. The largest absolute Gasteiger partial charge is 0.290 e. The third kappa shape index (κ3) is 6.03. The molecular formula is C11H12Cl3N.